The third-order valence-corrected chi connectivity index (χ3v) is 5.26. The van der Waals surface area contributed by atoms with Crippen LogP contribution in [0, 0.1) is 5.92 Å². The molecule has 2 heteroatoms. The van der Waals surface area contributed by atoms with Crippen molar-refractivity contribution in [3.8, 4) is 0 Å². The van der Waals surface area contributed by atoms with Crippen LogP contribution in [0.3, 0.4) is 0 Å². The van der Waals surface area contributed by atoms with E-state index < -0.39 is 0 Å². The van der Waals surface area contributed by atoms with E-state index in [0.717, 1.165) is 12.0 Å². The molecular formula is C21H21NO. The number of ketones is 1. The van der Waals surface area contributed by atoms with Crippen molar-refractivity contribution in [2.45, 2.75) is 31.5 Å². The van der Waals surface area contributed by atoms with Crippen LogP contribution in [0.1, 0.15) is 35.3 Å². The zero-order chi connectivity index (χ0) is 15.8. The quantitative estimate of drug-likeness (QED) is 0.621. The van der Waals surface area contributed by atoms with Crippen molar-refractivity contribution < 1.29 is 4.79 Å². The first-order chi connectivity index (χ1) is 11.3. The molecule has 4 atom stereocenters. The highest BCUT2D eigenvalue weighted by Gasteiger charge is 2.48. The Morgan fingerprint density at radius 1 is 1.00 bits per heavy atom. The maximum Gasteiger partial charge on any atom is 0.180 e. The summed E-state index contributed by atoms with van der Waals surface area (Å²) in [6.07, 6.45) is 5.59. The van der Waals surface area contributed by atoms with Crippen molar-refractivity contribution in [2.75, 3.05) is 0 Å². The van der Waals surface area contributed by atoms with E-state index in [1.165, 1.54) is 5.56 Å². The van der Waals surface area contributed by atoms with Crippen molar-refractivity contribution in [3.63, 3.8) is 0 Å². The first kappa shape index (κ1) is 14.4. The Morgan fingerprint density at radius 3 is 2.35 bits per heavy atom. The van der Waals surface area contributed by atoms with E-state index in [9.17, 15) is 4.79 Å². The molecule has 4 rings (SSSR count). The number of Topliss-reactive ketones (excluding diaryl/α,β-unsaturated/α-hetero) is 1. The number of carbonyl (C=O) groups excluding carboxylic acids is 1. The van der Waals surface area contributed by atoms with Crippen LogP contribution in [-0.2, 0) is 0 Å². The molecule has 2 aromatic rings. The molecule has 1 heterocycles. The fourth-order valence-electron chi connectivity index (χ4n) is 4.12. The molecule has 1 fully saturated rings. The van der Waals surface area contributed by atoms with Gasteiger partial charge in [0.25, 0.3) is 0 Å². The second kappa shape index (κ2) is 5.78. The highest BCUT2D eigenvalue weighted by Crippen LogP contribution is 2.43. The lowest BCUT2D eigenvalue weighted by Crippen LogP contribution is -2.45. The predicted molar refractivity (Wildman–Crippen MR) is 92.3 cm³/mol. The predicted octanol–water partition coefficient (Wildman–Crippen LogP) is 4.26. The smallest absolute Gasteiger partial charge is 0.180 e. The Hall–Kier alpha value is -2.19. The molecule has 23 heavy (non-hydrogen) atoms. The van der Waals surface area contributed by atoms with E-state index in [4.69, 9.17) is 0 Å². The van der Waals surface area contributed by atoms with E-state index in [0.29, 0.717) is 12.0 Å². The minimum Gasteiger partial charge on any atom is -0.292 e. The largest absolute Gasteiger partial charge is 0.292 e. The van der Waals surface area contributed by atoms with Crippen LogP contribution >= 0.6 is 0 Å². The van der Waals surface area contributed by atoms with Gasteiger partial charge in [-0.3, -0.25) is 9.69 Å². The minimum absolute atomic E-state index is 0.0393. The number of rotatable bonds is 4. The van der Waals surface area contributed by atoms with Crippen molar-refractivity contribution in [3.05, 3.63) is 83.9 Å². The van der Waals surface area contributed by atoms with Crippen LogP contribution < -0.4 is 0 Å². The standard InChI is InChI=1S/C21H21NO/c1-15(16-8-4-2-5-9-16)22-19-13-12-18(14-19)20(22)21(23)17-10-6-3-7-11-17/h2-13,15,18-20H,14H2,1H3/t15-,18+,19-,20+/m0/s1. The van der Waals surface area contributed by atoms with Gasteiger partial charge in [-0.2, -0.15) is 0 Å². The normalized spacial score (nSPS) is 27.3. The van der Waals surface area contributed by atoms with Crippen LogP contribution in [0.4, 0.5) is 0 Å². The fraction of sp³-hybridized carbons (Fsp3) is 0.286. The van der Waals surface area contributed by atoms with Gasteiger partial charge in [-0.25, -0.2) is 0 Å². The van der Waals surface area contributed by atoms with Gasteiger partial charge in [-0.15, -0.1) is 0 Å². The molecule has 0 spiro atoms. The molecule has 0 saturated carbocycles. The highest BCUT2D eigenvalue weighted by atomic mass is 16.1. The molecule has 2 aromatic carbocycles. The van der Waals surface area contributed by atoms with Crippen molar-refractivity contribution >= 4 is 5.78 Å². The summed E-state index contributed by atoms with van der Waals surface area (Å²) >= 11 is 0. The van der Waals surface area contributed by atoms with Crippen LogP contribution in [-0.4, -0.2) is 22.8 Å². The van der Waals surface area contributed by atoms with E-state index >= 15 is 0 Å². The van der Waals surface area contributed by atoms with Crippen molar-refractivity contribution in [1.82, 2.24) is 4.90 Å². The monoisotopic (exact) mass is 303 g/mol. The zero-order valence-electron chi connectivity index (χ0n) is 13.3. The first-order valence-corrected chi connectivity index (χ1v) is 8.35. The summed E-state index contributed by atoms with van der Waals surface area (Å²) in [5.41, 5.74) is 2.10. The molecule has 1 aliphatic carbocycles. The Morgan fingerprint density at radius 2 is 1.65 bits per heavy atom. The number of nitrogens with zero attached hydrogens (tertiary/aromatic N) is 1. The van der Waals surface area contributed by atoms with E-state index in [1.54, 1.807) is 0 Å². The average Bonchev–Trinajstić information content (AvgIpc) is 3.23. The summed E-state index contributed by atoms with van der Waals surface area (Å²) in [6, 6.07) is 20.8. The summed E-state index contributed by atoms with van der Waals surface area (Å²) in [5, 5.41) is 0. The molecule has 2 aliphatic rings. The van der Waals surface area contributed by atoms with E-state index in [1.807, 2.05) is 36.4 Å². The van der Waals surface area contributed by atoms with E-state index in [2.05, 4.69) is 48.2 Å². The van der Waals surface area contributed by atoms with Gasteiger partial charge in [-0.05, 0) is 18.9 Å². The molecule has 2 nitrogen and oxygen atoms in total. The maximum atomic E-state index is 13.1. The Kier molecular flexibility index (Phi) is 3.62. The summed E-state index contributed by atoms with van der Waals surface area (Å²) in [4.78, 5) is 15.5. The van der Waals surface area contributed by atoms with E-state index in [-0.39, 0.29) is 17.9 Å². The topological polar surface area (TPSA) is 20.3 Å². The lowest BCUT2D eigenvalue weighted by atomic mass is 9.92. The molecule has 0 amide bonds. The van der Waals surface area contributed by atoms with Crippen LogP contribution in [0.15, 0.2) is 72.8 Å². The molecule has 1 aliphatic heterocycles. The van der Waals surface area contributed by atoms with Gasteiger partial charge in [0.1, 0.15) is 0 Å². The summed E-state index contributed by atoms with van der Waals surface area (Å²) < 4.78 is 0. The summed E-state index contributed by atoms with van der Waals surface area (Å²) in [5.74, 6) is 0.601. The fourth-order valence-corrected chi connectivity index (χ4v) is 4.12. The Bertz CT molecular complexity index is 722. The molecule has 0 radical (unpaired) electrons. The van der Waals surface area contributed by atoms with Gasteiger partial charge >= 0.3 is 0 Å². The highest BCUT2D eigenvalue weighted by molar-refractivity contribution is 6.01. The Balaban J connectivity index is 1.68. The number of fused-ring (bicyclic) bond motifs is 2. The third-order valence-electron chi connectivity index (χ3n) is 5.26. The van der Waals surface area contributed by atoms with Crippen LogP contribution in [0.2, 0.25) is 0 Å². The minimum atomic E-state index is -0.0393. The second-order valence-corrected chi connectivity index (χ2v) is 6.56. The van der Waals surface area contributed by atoms with Gasteiger partial charge in [0, 0.05) is 23.6 Å². The number of hydrogen-bond acceptors (Lipinski definition) is 2. The molecule has 0 N–H and O–H groups in total. The lowest BCUT2D eigenvalue weighted by Gasteiger charge is -2.36. The lowest BCUT2D eigenvalue weighted by molar-refractivity contribution is 0.0749. The first-order valence-electron chi connectivity index (χ1n) is 8.35. The molecule has 0 unspecified atom stereocenters. The zero-order valence-corrected chi connectivity index (χ0v) is 13.3. The maximum absolute atomic E-state index is 13.1. The van der Waals surface area contributed by atoms with Gasteiger partial charge in [0.2, 0.25) is 0 Å². The molecular weight excluding hydrogens is 282 g/mol. The molecule has 116 valence electrons. The van der Waals surface area contributed by atoms with Gasteiger partial charge in [0.15, 0.2) is 5.78 Å². The van der Waals surface area contributed by atoms with Gasteiger partial charge in [0.05, 0.1) is 6.04 Å². The number of likely N-dealkylation sites (tertiary alicyclic amines) is 1. The summed E-state index contributed by atoms with van der Waals surface area (Å²) in [7, 11) is 0. The van der Waals surface area contributed by atoms with Crippen LogP contribution in [0.25, 0.3) is 0 Å². The second-order valence-electron chi connectivity index (χ2n) is 6.56. The molecule has 1 saturated heterocycles. The van der Waals surface area contributed by atoms with Crippen LogP contribution in [0.5, 0.6) is 0 Å². The van der Waals surface area contributed by atoms with Gasteiger partial charge < -0.3 is 0 Å². The molecule has 2 bridgehead atoms. The molecule has 0 aromatic heterocycles. The third kappa shape index (κ3) is 2.43. The Labute approximate surface area is 137 Å². The van der Waals surface area contributed by atoms with Crippen molar-refractivity contribution in [1.29, 1.82) is 0 Å². The van der Waals surface area contributed by atoms with Gasteiger partial charge in [-0.1, -0.05) is 72.8 Å². The SMILES string of the molecule is C[C@@H](c1ccccc1)N1[C@H]2C=C[C@H](C2)[C@@H]1C(=O)c1ccccc1. The average molecular weight is 303 g/mol. The number of hydrogen-bond donors (Lipinski definition) is 0. The van der Waals surface area contributed by atoms with Crippen molar-refractivity contribution in [2.24, 2.45) is 5.92 Å². The number of benzene rings is 2. The summed E-state index contributed by atoms with van der Waals surface area (Å²) in [6.45, 7) is 2.22. The number of carbonyl (C=O) groups is 1.